The van der Waals surface area contributed by atoms with E-state index < -0.39 is 0 Å². The van der Waals surface area contributed by atoms with Gasteiger partial charge in [-0.3, -0.25) is 9.80 Å². The lowest BCUT2D eigenvalue weighted by atomic mass is 9.99. The van der Waals surface area contributed by atoms with E-state index in [1.807, 2.05) is 24.3 Å². The van der Waals surface area contributed by atoms with E-state index in [1.54, 1.807) is 0 Å². The van der Waals surface area contributed by atoms with Crippen LogP contribution in [0.25, 0.3) is 0 Å². The molecule has 0 bridgehead atoms. The fourth-order valence-electron chi connectivity index (χ4n) is 6.15. The van der Waals surface area contributed by atoms with Crippen molar-refractivity contribution in [1.29, 1.82) is 0 Å². The minimum absolute atomic E-state index is 0.519. The van der Waals surface area contributed by atoms with Gasteiger partial charge in [-0.05, 0) is 67.7 Å². The highest BCUT2D eigenvalue weighted by molar-refractivity contribution is 6.30. The van der Waals surface area contributed by atoms with E-state index in [0.717, 1.165) is 36.2 Å². The van der Waals surface area contributed by atoms with Gasteiger partial charge in [-0.15, -0.1) is 0 Å². The Morgan fingerprint density at radius 1 is 0.568 bits per heavy atom. The molecule has 0 aliphatic carbocycles. The normalized spacial score (nSPS) is 20.2. The van der Waals surface area contributed by atoms with Crippen molar-refractivity contribution in [1.82, 2.24) is 19.6 Å². The van der Waals surface area contributed by atoms with Crippen LogP contribution in [0.5, 0.6) is 0 Å². The molecule has 0 amide bonds. The molecular formula is C31H46Cl2N4. The maximum Gasteiger partial charge on any atom is 0.0406 e. The number of rotatable bonds is 12. The molecule has 204 valence electrons. The molecular weight excluding hydrogens is 499 g/mol. The van der Waals surface area contributed by atoms with Crippen molar-refractivity contribution < 1.29 is 0 Å². The van der Waals surface area contributed by atoms with Gasteiger partial charge < -0.3 is 9.80 Å². The second kappa shape index (κ2) is 14.9. The number of nitrogens with zero attached hydrogens (tertiary/aromatic N) is 4. The zero-order valence-electron chi connectivity index (χ0n) is 22.9. The van der Waals surface area contributed by atoms with Crippen LogP contribution in [0.1, 0.15) is 69.2 Å². The highest BCUT2D eigenvalue weighted by Gasteiger charge is 2.26. The highest BCUT2D eigenvalue weighted by Crippen LogP contribution is 2.29. The maximum atomic E-state index is 6.14. The van der Waals surface area contributed by atoms with Crippen molar-refractivity contribution in [2.24, 2.45) is 0 Å². The fourth-order valence-corrected chi connectivity index (χ4v) is 6.40. The minimum Gasteiger partial charge on any atom is -0.301 e. The number of halogens is 2. The Hall–Kier alpha value is -1.14. The molecule has 0 spiro atoms. The monoisotopic (exact) mass is 544 g/mol. The molecule has 2 aliphatic rings. The molecule has 6 heteroatoms. The lowest BCUT2D eigenvalue weighted by Crippen LogP contribution is -2.49. The second-order valence-corrected chi connectivity index (χ2v) is 11.7. The van der Waals surface area contributed by atoms with E-state index in [0.29, 0.717) is 12.1 Å². The Morgan fingerprint density at radius 3 is 1.24 bits per heavy atom. The van der Waals surface area contributed by atoms with Crippen LogP contribution in [0.2, 0.25) is 10.0 Å². The van der Waals surface area contributed by atoms with Crippen molar-refractivity contribution in [3.63, 3.8) is 0 Å². The Bertz CT molecular complexity index is 828. The van der Waals surface area contributed by atoms with E-state index in [2.05, 4.69) is 57.7 Å². The van der Waals surface area contributed by atoms with E-state index in [9.17, 15) is 0 Å². The van der Waals surface area contributed by atoms with Crippen LogP contribution in [0.4, 0.5) is 0 Å². The van der Waals surface area contributed by atoms with Gasteiger partial charge in [0, 0.05) is 74.5 Å². The van der Waals surface area contributed by atoms with Gasteiger partial charge in [0.1, 0.15) is 0 Å². The van der Waals surface area contributed by atoms with E-state index in [1.165, 1.54) is 82.5 Å². The summed E-state index contributed by atoms with van der Waals surface area (Å²) >= 11 is 12.3. The van der Waals surface area contributed by atoms with Crippen molar-refractivity contribution >= 4 is 23.2 Å². The van der Waals surface area contributed by atoms with Gasteiger partial charge in [0.15, 0.2) is 0 Å². The Kier molecular flexibility index (Phi) is 11.6. The molecule has 37 heavy (non-hydrogen) atoms. The molecule has 2 aliphatic heterocycles. The minimum atomic E-state index is 0.519. The summed E-state index contributed by atoms with van der Waals surface area (Å²) in [7, 11) is 0. The summed E-state index contributed by atoms with van der Waals surface area (Å²) < 4.78 is 0. The van der Waals surface area contributed by atoms with Gasteiger partial charge in [0.2, 0.25) is 0 Å². The predicted molar refractivity (Wildman–Crippen MR) is 159 cm³/mol. The number of hydrogen-bond acceptors (Lipinski definition) is 4. The summed E-state index contributed by atoms with van der Waals surface area (Å²) in [6.45, 7) is 16.4. The smallest absolute Gasteiger partial charge is 0.0406 e. The first-order valence-corrected chi connectivity index (χ1v) is 15.3. The van der Waals surface area contributed by atoms with Gasteiger partial charge >= 0.3 is 0 Å². The molecule has 4 nitrogen and oxygen atoms in total. The molecule has 2 aromatic carbocycles. The molecule has 2 saturated heterocycles. The SMILES string of the molecule is CCCC(c1ccc(Cl)cc1)N1CCN(CCCN2CCN(C(CCC)c3ccc(Cl)cc3)CC2)CC1. The molecule has 2 fully saturated rings. The number of benzene rings is 2. The third kappa shape index (κ3) is 8.42. The van der Waals surface area contributed by atoms with Gasteiger partial charge in [-0.1, -0.05) is 74.2 Å². The van der Waals surface area contributed by atoms with Crippen molar-refractivity contribution in [2.45, 2.75) is 58.0 Å². The Balaban J connectivity index is 1.17. The van der Waals surface area contributed by atoms with Crippen LogP contribution >= 0.6 is 23.2 Å². The van der Waals surface area contributed by atoms with Gasteiger partial charge in [0.05, 0.1) is 0 Å². The molecule has 0 aromatic heterocycles. The van der Waals surface area contributed by atoms with Gasteiger partial charge in [-0.2, -0.15) is 0 Å². The zero-order chi connectivity index (χ0) is 26.0. The van der Waals surface area contributed by atoms with E-state index >= 15 is 0 Å². The largest absolute Gasteiger partial charge is 0.301 e. The van der Waals surface area contributed by atoms with Crippen molar-refractivity contribution in [2.75, 3.05) is 65.4 Å². The average Bonchev–Trinajstić information content (AvgIpc) is 2.93. The summed E-state index contributed by atoms with van der Waals surface area (Å²) in [4.78, 5) is 10.7. The van der Waals surface area contributed by atoms with Crippen LogP contribution in [-0.4, -0.2) is 85.0 Å². The second-order valence-electron chi connectivity index (χ2n) is 10.8. The standard InChI is InChI=1S/C31H46Cl2N4/c1-3-6-30(26-8-12-28(32)13-9-26)36-22-18-34(19-23-36)16-5-17-35-20-24-37(25-21-35)31(7-4-2)27-10-14-29(33)15-11-27/h8-15,30-31H,3-7,16-25H2,1-2H3. The molecule has 0 radical (unpaired) electrons. The third-order valence-corrected chi connectivity index (χ3v) is 8.78. The van der Waals surface area contributed by atoms with Crippen LogP contribution in [0, 0.1) is 0 Å². The first kappa shape index (κ1) is 28.9. The third-order valence-electron chi connectivity index (χ3n) is 8.28. The topological polar surface area (TPSA) is 13.0 Å². The first-order valence-electron chi connectivity index (χ1n) is 14.5. The first-order chi connectivity index (χ1) is 18.1. The summed E-state index contributed by atoms with van der Waals surface area (Å²) in [5.74, 6) is 0. The highest BCUT2D eigenvalue weighted by atomic mass is 35.5. The van der Waals surface area contributed by atoms with Crippen molar-refractivity contribution in [3.8, 4) is 0 Å². The molecule has 2 atom stereocenters. The average molecular weight is 546 g/mol. The molecule has 4 rings (SSSR count). The number of piperazine rings is 2. The molecule has 0 saturated carbocycles. The lowest BCUT2D eigenvalue weighted by molar-refractivity contribution is 0.0757. The molecule has 2 heterocycles. The lowest BCUT2D eigenvalue weighted by Gasteiger charge is -2.41. The maximum absolute atomic E-state index is 6.14. The molecule has 2 aromatic rings. The summed E-state index contributed by atoms with van der Waals surface area (Å²) in [6.07, 6.45) is 6.11. The number of hydrogen-bond donors (Lipinski definition) is 0. The van der Waals surface area contributed by atoms with E-state index in [4.69, 9.17) is 23.2 Å². The van der Waals surface area contributed by atoms with Crippen LogP contribution in [0.3, 0.4) is 0 Å². The Morgan fingerprint density at radius 2 is 0.919 bits per heavy atom. The quantitative estimate of drug-likeness (QED) is 0.285. The summed E-state index contributed by atoms with van der Waals surface area (Å²) in [5, 5.41) is 1.65. The molecule has 2 unspecified atom stereocenters. The van der Waals surface area contributed by atoms with Crippen LogP contribution < -0.4 is 0 Å². The van der Waals surface area contributed by atoms with Gasteiger partial charge in [0.25, 0.3) is 0 Å². The van der Waals surface area contributed by atoms with Crippen LogP contribution in [0.15, 0.2) is 48.5 Å². The van der Waals surface area contributed by atoms with Crippen LogP contribution in [-0.2, 0) is 0 Å². The Labute approximate surface area is 235 Å². The summed E-state index contributed by atoms with van der Waals surface area (Å²) in [6, 6.07) is 18.1. The van der Waals surface area contributed by atoms with Crippen molar-refractivity contribution in [3.05, 3.63) is 69.7 Å². The predicted octanol–water partition coefficient (Wildman–Crippen LogP) is 7.00. The molecule has 0 N–H and O–H groups in total. The summed E-state index contributed by atoms with van der Waals surface area (Å²) in [5.41, 5.74) is 2.83. The van der Waals surface area contributed by atoms with E-state index in [-0.39, 0.29) is 0 Å². The fraction of sp³-hybridized carbons (Fsp3) is 0.613. The van der Waals surface area contributed by atoms with Gasteiger partial charge in [-0.25, -0.2) is 0 Å². The zero-order valence-corrected chi connectivity index (χ0v) is 24.4.